The quantitative estimate of drug-likeness (QED) is 0.496. The van der Waals surface area contributed by atoms with E-state index in [1.807, 2.05) is 6.07 Å². The molecule has 4 atom stereocenters. The molecule has 1 aliphatic carbocycles. The van der Waals surface area contributed by atoms with E-state index in [4.69, 9.17) is 11.6 Å². The van der Waals surface area contributed by atoms with Crippen LogP contribution in [0.25, 0.3) is 0 Å². The summed E-state index contributed by atoms with van der Waals surface area (Å²) < 4.78 is 1.18. The van der Waals surface area contributed by atoms with E-state index in [0.717, 1.165) is 11.4 Å². The fraction of sp³-hybridized carbons (Fsp3) is 0.538. The minimum atomic E-state index is 0.448. The van der Waals surface area contributed by atoms with Crippen molar-refractivity contribution in [1.29, 1.82) is 0 Å². The third kappa shape index (κ3) is 2.63. The summed E-state index contributed by atoms with van der Waals surface area (Å²) in [6, 6.07) is 4.05. The van der Waals surface area contributed by atoms with Gasteiger partial charge in [0, 0.05) is 25.1 Å². The van der Waals surface area contributed by atoms with Gasteiger partial charge in [-0.15, -0.1) is 0 Å². The number of hydrogen-bond donors (Lipinski definition) is 0. The maximum atomic E-state index is 6.33. The van der Waals surface area contributed by atoms with Gasteiger partial charge >= 0.3 is 0 Å². The second-order valence-corrected chi connectivity index (χ2v) is 8.82. The van der Waals surface area contributed by atoms with Crippen molar-refractivity contribution in [1.82, 2.24) is 0 Å². The van der Waals surface area contributed by atoms with E-state index in [2.05, 4.69) is 67.7 Å². The highest BCUT2D eigenvalue weighted by atomic mass is 79.9. The maximum absolute atomic E-state index is 6.33. The molecule has 0 fully saturated rings. The monoisotopic (exact) mass is 442 g/mol. The minimum absolute atomic E-state index is 0.448. The van der Waals surface area contributed by atoms with Gasteiger partial charge < -0.3 is 0 Å². The number of benzene rings is 1. The molecule has 0 bridgehead atoms. The molecule has 4 unspecified atom stereocenters. The molecule has 0 spiro atoms. The summed E-state index contributed by atoms with van der Waals surface area (Å²) in [6.45, 7) is 4.44. The molecule has 2 rings (SSSR count). The molecule has 0 N–H and O–H groups in total. The van der Waals surface area contributed by atoms with Crippen LogP contribution in [0.1, 0.15) is 30.9 Å². The Morgan fingerprint density at radius 2 is 1.88 bits per heavy atom. The standard InChI is InChI=1S/C13H14Br3Cl/c1-6(14)8-5-9-11(17)4-3-10(16)13(9)12(8)7(2)15/h3-4,6-8,12H,5H2,1-2H3. The Hall–Kier alpha value is 0.950. The van der Waals surface area contributed by atoms with Crippen LogP contribution in [0.15, 0.2) is 16.6 Å². The highest BCUT2D eigenvalue weighted by Gasteiger charge is 2.39. The van der Waals surface area contributed by atoms with Gasteiger partial charge in [-0.3, -0.25) is 0 Å². The molecule has 17 heavy (non-hydrogen) atoms. The van der Waals surface area contributed by atoms with E-state index in [0.29, 0.717) is 21.5 Å². The Balaban J connectivity index is 2.54. The molecule has 0 heterocycles. The van der Waals surface area contributed by atoms with Crippen LogP contribution in [0, 0.1) is 5.92 Å². The summed E-state index contributed by atoms with van der Waals surface area (Å²) in [5, 5.41) is 0.900. The molecule has 0 radical (unpaired) electrons. The van der Waals surface area contributed by atoms with Gasteiger partial charge in [0.1, 0.15) is 0 Å². The Kier molecular flexibility index (Phi) is 4.66. The van der Waals surface area contributed by atoms with Gasteiger partial charge in [-0.05, 0) is 35.6 Å². The normalized spacial score (nSPS) is 26.7. The van der Waals surface area contributed by atoms with Crippen LogP contribution in [0.3, 0.4) is 0 Å². The summed E-state index contributed by atoms with van der Waals surface area (Å²) in [5.41, 5.74) is 2.70. The lowest BCUT2D eigenvalue weighted by atomic mass is 9.88. The molecule has 0 saturated carbocycles. The first-order chi connectivity index (χ1) is 7.93. The summed E-state index contributed by atoms with van der Waals surface area (Å²) in [6.07, 6.45) is 1.06. The summed E-state index contributed by atoms with van der Waals surface area (Å²) in [5.74, 6) is 1.10. The van der Waals surface area contributed by atoms with Crippen LogP contribution >= 0.6 is 59.4 Å². The zero-order valence-electron chi connectivity index (χ0n) is 9.68. The predicted octanol–water partition coefficient (Wildman–Crippen LogP) is 5.93. The summed E-state index contributed by atoms with van der Waals surface area (Å²) in [4.78, 5) is 0.936. The minimum Gasteiger partial charge on any atom is -0.0890 e. The van der Waals surface area contributed by atoms with E-state index in [1.165, 1.54) is 15.6 Å². The second kappa shape index (κ2) is 5.52. The van der Waals surface area contributed by atoms with Crippen molar-refractivity contribution < 1.29 is 0 Å². The molecule has 1 aromatic carbocycles. The van der Waals surface area contributed by atoms with Crippen LogP contribution in [0.5, 0.6) is 0 Å². The molecule has 1 aromatic rings. The third-order valence-corrected chi connectivity index (χ3v) is 5.86. The number of fused-ring (bicyclic) bond motifs is 1. The van der Waals surface area contributed by atoms with E-state index < -0.39 is 0 Å². The number of alkyl halides is 2. The predicted molar refractivity (Wildman–Crippen MR) is 85.9 cm³/mol. The number of hydrogen-bond acceptors (Lipinski definition) is 0. The van der Waals surface area contributed by atoms with Crippen LogP contribution in [-0.4, -0.2) is 9.65 Å². The largest absolute Gasteiger partial charge is 0.0890 e. The highest BCUT2D eigenvalue weighted by molar-refractivity contribution is 9.10. The van der Waals surface area contributed by atoms with Crippen molar-refractivity contribution in [3.63, 3.8) is 0 Å². The van der Waals surface area contributed by atoms with E-state index in [-0.39, 0.29) is 0 Å². The van der Waals surface area contributed by atoms with Crippen LogP contribution in [0.4, 0.5) is 0 Å². The first-order valence-corrected chi connectivity index (χ1v) is 8.68. The van der Waals surface area contributed by atoms with Crippen LogP contribution in [-0.2, 0) is 6.42 Å². The number of rotatable bonds is 2. The van der Waals surface area contributed by atoms with E-state index in [9.17, 15) is 0 Å². The van der Waals surface area contributed by atoms with E-state index >= 15 is 0 Å². The average molecular weight is 445 g/mol. The van der Waals surface area contributed by atoms with Crippen LogP contribution < -0.4 is 0 Å². The number of halogens is 4. The Labute approximate surface area is 133 Å². The Bertz CT molecular complexity index is 429. The van der Waals surface area contributed by atoms with Gasteiger partial charge in [-0.1, -0.05) is 73.2 Å². The third-order valence-electron chi connectivity index (χ3n) is 3.57. The molecule has 1 aliphatic rings. The molecule has 0 nitrogen and oxygen atoms in total. The molecule has 0 aliphatic heterocycles. The van der Waals surface area contributed by atoms with Gasteiger partial charge in [0.15, 0.2) is 0 Å². The first-order valence-electron chi connectivity index (χ1n) is 5.68. The van der Waals surface area contributed by atoms with Crippen molar-refractivity contribution in [2.45, 2.75) is 35.8 Å². The smallest absolute Gasteiger partial charge is 0.0441 e. The van der Waals surface area contributed by atoms with Crippen LogP contribution in [0.2, 0.25) is 5.02 Å². The van der Waals surface area contributed by atoms with Gasteiger partial charge in [-0.2, -0.15) is 0 Å². The SMILES string of the molecule is CC(Br)C1Cc2c(Cl)ccc(Br)c2C1C(C)Br. The molecular weight excluding hydrogens is 431 g/mol. The van der Waals surface area contributed by atoms with Crippen molar-refractivity contribution in [2.24, 2.45) is 5.92 Å². The molecule has 0 aromatic heterocycles. The van der Waals surface area contributed by atoms with E-state index in [1.54, 1.807) is 0 Å². The van der Waals surface area contributed by atoms with Crippen molar-refractivity contribution in [3.8, 4) is 0 Å². The molecule has 94 valence electrons. The second-order valence-electron chi connectivity index (χ2n) is 4.67. The fourth-order valence-corrected chi connectivity index (χ4v) is 4.82. The zero-order valence-corrected chi connectivity index (χ0v) is 15.2. The Morgan fingerprint density at radius 3 is 2.41 bits per heavy atom. The first kappa shape index (κ1) is 14.4. The van der Waals surface area contributed by atoms with Crippen molar-refractivity contribution in [2.75, 3.05) is 0 Å². The average Bonchev–Trinajstić information content (AvgIpc) is 2.64. The van der Waals surface area contributed by atoms with Crippen molar-refractivity contribution in [3.05, 3.63) is 32.8 Å². The van der Waals surface area contributed by atoms with Gasteiger partial charge in [-0.25, -0.2) is 0 Å². The summed E-state index contributed by atoms with van der Waals surface area (Å²) in [7, 11) is 0. The van der Waals surface area contributed by atoms with Gasteiger partial charge in [0.2, 0.25) is 0 Å². The zero-order chi connectivity index (χ0) is 12.7. The van der Waals surface area contributed by atoms with Gasteiger partial charge in [0.05, 0.1) is 0 Å². The van der Waals surface area contributed by atoms with Gasteiger partial charge in [0.25, 0.3) is 0 Å². The van der Waals surface area contributed by atoms with Crippen molar-refractivity contribution >= 4 is 59.4 Å². The molecular formula is C13H14Br3Cl. The summed E-state index contributed by atoms with van der Waals surface area (Å²) >= 11 is 17.5. The Morgan fingerprint density at radius 1 is 1.24 bits per heavy atom. The fourth-order valence-electron chi connectivity index (χ4n) is 2.77. The highest BCUT2D eigenvalue weighted by Crippen LogP contribution is 2.50. The molecule has 0 saturated heterocycles. The lowest BCUT2D eigenvalue weighted by Crippen LogP contribution is -2.22. The molecule has 0 amide bonds. The topological polar surface area (TPSA) is 0 Å². The lowest BCUT2D eigenvalue weighted by Gasteiger charge is -2.25. The lowest BCUT2D eigenvalue weighted by molar-refractivity contribution is 0.457. The molecule has 4 heteroatoms. The maximum Gasteiger partial charge on any atom is 0.0441 e.